The van der Waals surface area contributed by atoms with Gasteiger partial charge >= 0.3 is 0 Å². The Morgan fingerprint density at radius 3 is 2.38 bits per heavy atom. The number of carbonyl (C=O) groups is 3. The summed E-state index contributed by atoms with van der Waals surface area (Å²) in [5.41, 5.74) is 1.66. The Morgan fingerprint density at radius 1 is 0.905 bits per heavy atom. The predicted molar refractivity (Wildman–Crippen MR) is 170 cm³/mol. The van der Waals surface area contributed by atoms with Crippen LogP contribution in [0.3, 0.4) is 0 Å². The van der Waals surface area contributed by atoms with E-state index in [9.17, 15) is 14.4 Å². The van der Waals surface area contributed by atoms with E-state index in [1.807, 2.05) is 50.2 Å². The van der Waals surface area contributed by atoms with Gasteiger partial charge in [-0.25, -0.2) is 0 Å². The number of aromatic nitrogens is 2. The molecule has 0 saturated carbocycles. The molecule has 1 aromatic heterocycles. The number of anilines is 2. The van der Waals surface area contributed by atoms with Gasteiger partial charge in [0, 0.05) is 33.2 Å². The first-order valence-corrected chi connectivity index (χ1v) is 15.8. The second kappa shape index (κ2) is 15.8. The standard InChI is InChI=1S/C30H29N5O4S3/c1-3-39-25-13-9-8-12-21(25)18-24(32-27(37)20-10-6-5-7-11-20)28(38)31-22-14-16-23(17-15-22)41-19-26(36)33-29-34-30(35-42-29)40-4-2/h5-18H,3-4,19H2,1-2H3,(H,31,38)(H,32,37)(H,33,34,35,36)/b24-18-. The van der Waals surface area contributed by atoms with Gasteiger partial charge in [0.1, 0.15) is 11.4 Å². The highest BCUT2D eigenvalue weighted by molar-refractivity contribution is 8.00. The zero-order valence-corrected chi connectivity index (χ0v) is 25.4. The minimum Gasteiger partial charge on any atom is -0.493 e. The summed E-state index contributed by atoms with van der Waals surface area (Å²) in [6, 6.07) is 23.0. The van der Waals surface area contributed by atoms with Gasteiger partial charge in [-0.1, -0.05) is 55.1 Å². The van der Waals surface area contributed by atoms with Gasteiger partial charge in [0.15, 0.2) is 0 Å². The summed E-state index contributed by atoms with van der Waals surface area (Å²) in [7, 11) is 0. The van der Waals surface area contributed by atoms with Crippen LogP contribution in [0.2, 0.25) is 0 Å². The molecule has 3 N–H and O–H groups in total. The molecule has 0 fully saturated rings. The van der Waals surface area contributed by atoms with Crippen LogP contribution in [0.15, 0.2) is 94.6 Å². The second-order valence-electron chi connectivity index (χ2n) is 8.48. The van der Waals surface area contributed by atoms with E-state index >= 15 is 0 Å². The summed E-state index contributed by atoms with van der Waals surface area (Å²) in [4.78, 5) is 43.8. The lowest BCUT2D eigenvalue weighted by Crippen LogP contribution is -2.30. The molecule has 0 aliphatic heterocycles. The van der Waals surface area contributed by atoms with Crippen LogP contribution in [0.5, 0.6) is 5.75 Å². The van der Waals surface area contributed by atoms with Crippen LogP contribution in [0.25, 0.3) is 6.08 Å². The fourth-order valence-electron chi connectivity index (χ4n) is 3.57. The van der Waals surface area contributed by atoms with Gasteiger partial charge < -0.3 is 15.4 Å². The number of para-hydroxylation sites is 1. The summed E-state index contributed by atoms with van der Waals surface area (Å²) in [6.45, 7) is 4.34. The van der Waals surface area contributed by atoms with Gasteiger partial charge in [0.2, 0.25) is 16.2 Å². The lowest BCUT2D eigenvalue weighted by Gasteiger charge is -2.13. The van der Waals surface area contributed by atoms with Crippen molar-refractivity contribution in [1.82, 2.24) is 14.7 Å². The van der Waals surface area contributed by atoms with Crippen molar-refractivity contribution in [3.63, 3.8) is 0 Å². The van der Waals surface area contributed by atoms with Crippen LogP contribution in [-0.4, -0.2) is 45.2 Å². The SMILES string of the molecule is CCOc1ccccc1/C=C(\NC(=O)c1ccccc1)C(=O)Nc1ccc(SCC(=O)Nc2nc(SCC)ns2)cc1. The average Bonchev–Trinajstić information content (AvgIpc) is 3.44. The lowest BCUT2D eigenvalue weighted by molar-refractivity contribution is -0.114. The van der Waals surface area contributed by atoms with Crippen molar-refractivity contribution in [1.29, 1.82) is 0 Å². The highest BCUT2D eigenvalue weighted by Gasteiger charge is 2.16. The Balaban J connectivity index is 1.41. The average molecular weight is 620 g/mol. The Labute approximate surface area is 256 Å². The molecule has 0 saturated heterocycles. The third-order valence-corrected chi connectivity index (χ3v) is 7.94. The minimum absolute atomic E-state index is 0.0586. The van der Waals surface area contributed by atoms with E-state index in [0.29, 0.717) is 39.5 Å². The van der Waals surface area contributed by atoms with Crippen molar-refractivity contribution in [2.75, 3.05) is 28.7 Å². The molecule has 0 bridgehead atoms. The molecular formula is C30H29N5O4S3. The zero-order valence-electron chi connectivity index (χ0n) is 23.0. The largest absolute Gasteiger partial charge is 0.493 e. The molecule has 3 aromatic carbocycles. The number of benzene rings is 3. The van der Waals surface area contributed by atoms with E-state index in [1.165, 1.54) is 23.5 Å². The summed E-state index contributed by atoms with van der Waals surface area (Å²) in [5, 5.41) is 9.47. The molecule has 4 aromatic rings. The van der Waals surface area contributed by atoms with E-state index in [1.54, 1.807) is 48.5 Å². The van der Waals surface area contributed by atoms with Gasteiger partial charge in [-0.2, -0.15) is 9.36 Å². The number of ether oxygens (including phenoxy) is 1. The summed E-state index contributed by atoms with van der Waals surface area (Å²) in [6.07, 6.45) is 1.59. The molecule has 1 heterocycles. The molecule has 0 unspecified atom stereocenters. The first kappa shape index (κ1) is 30.8. The molecule has 12 heteroatoms. The molecule has 9 nitrogen and oxygen atoms in total. The van der Waals surface area contributed by atoms with Crippen molar-refractivity contribution in [3.8, 4) is 5.75 Å². The number of carbonyl (C=O) groups excluding carboxylic acids is 3. The van der Waals surface area contributed by atoms with E-state index in [0.717, 1.165) is 22.2 Å². The fraction of sp³-hybridized carbons (Fsp3) is 0.167. The van der Waals surface area contributed by atoms with Crippen LogP contribution in [0.1, 0.15) is 29.8 Å². The van der Waals surface area contributed by atoms with Gasteiger partial charge in [-0.05, 0) is 61.2 Å². The molecule has 42 heavy (non-hydrogen) atoms. The minimum atomic E-state index is -0.497. The zero-order chi connectivity index (χ0) is 29.7. The van der Waals surface area contributed by atoms with Crippen LogP contribution < -0.4 is 20.7 Å². The number of thioether (sulfide) groups is 2. The molecule has 216 valence electrons. The normalized spacial score (nSPS) is 11.0. The number of nitrogens with one attached hydrogen (secondary N) is 3. The molecule has 4 rings (SSSR count). The van der Waals surface area contributed by atoms with Crippen molar-refractivity contribution >= 4 is 69.7 Å². The van der Waals surface area contributed by atoms with Crippen LogP contribution in [-0.2, 0) is 9.59 Å². The number of amides is 3. The third kappa shape index (κ3) is 9.20. The number of nitrogens with zero attached hydrogens (tertiary/aromatic N) is 2. The van der Waals surface area contributed by atoms with Gasteiger partial charge in [0.25, 0.3) is 11.8 Å². The predicted octanol–water partition coefficient (Wildman–Crippen LogP) is 6.19. The Morgan fingerprint density at radius 2 is 1.64 bits per heavy atom. The Hall–Kier alpha value is -4.13. The van der Waals surface area contributed by atoms with E-state index in [-0.39, 0.29) is 17.4 Å². The molecule has 0 aliphatic carbocycles. The van der Waals surface area contributed by atoms with E-state index in [2.05, 4.69) is 25.3 Å². The molecular weight excluding hydrogens is 591 g/mol. The monoisotopic (exact) mass is 619 g/mol. The summed E-state index contributed by atoms with van der Waals surface area (Å²) >= 11 is 4.03. The van der Waals surface area contributed by atoms with Crippen LogP contribution >= 0.6 is 35.1 Å². The molecule has 0 atom stereocenters. The first-order chi connectivity index (χ1) is 20.4. The van der Waals surface area contributed by atoms with Crippen molar-refractivity contribution in [2.45, 2.75) is 23.9 Å². The number of hydrogen-bond donors (Lipinski definition) is 3. The fourth-order valence-corrected chi connectivity index (χ4v) is 5.56. The summed E-state index contributed by atoms with van der Waals surface area (Å²) < 4.78 is 9.89. The highest BCUT2D eigenvalue weighted by Crippen LogP contribution is 2.24. The smallest absolute Gasteiger partial charge is 0.272 e. The number of rotatable bonds is 13. The molecule has 0 aliphatic rings. The molecule has 0 spiro atoms. The maximum Gasteiger partial charge on any atom is 0.272 e. The van der Waals surface area contributed by atoms with E-state index in [4.69, 9.17) is 4.74 Å². The van der Waals surface area contributed by atoms with E-state index < -0.39 is 11.8 Å². The first-order valence-electron chi connectivity index (χ1n) is 13.1. The molecule has 0 radical (unpaired) electrons. The number of hydrogen-bond acceptors (Lipinski definition) is 9. The van der Waals surface area contributed by atoms with Crippen molar-refractivity contribution in [2.24, 2.45) is 0 Å². The quantitative estimate of drug-likeness (QED) is 0.120. The molecule has 3 amide bonds. The van der Waals surface area contributed by atoms with Crippen molar-refractivity contribution < 1.29 is 19.1 Å². The van der Waals surface area contributed by atoms with Crippen LogP contribution in [0.4, 0.5) is 10.8 Å². The highest BCUT2D eigenvalue weighted by atomic mass is 32.2. The summed E-state index contributed by atoms with van der Waals surface area (Å²) in [5.74, 6) is 0.555. The lowest BCUT2D eigenvalue weighted by atomic mass is 10.1. The van der Waals surface area contributed by atoms with Crippen LogP contribution in [0, 0.1) is 0 Å². The Bertz CT molecular complexity index is 1540. The Kier molecular flexibility index (Phi) is 11.6. The van der Waals surface area contributed by atoms with Gasteiger partial charge in [-0.3, -0.25) is 19.7 Å². The maximum atomic E-state index is 13.4. The maximum absolute atomic E-state index is 13.4. The van der Waals surface area contributed by atoms with Crippen molar-refractivity contribution in [3.05, 3.63) is 95.7 Å². The third-order valence-electron chi connectivity index (χ3n) is 5.46. The topological polar surface area (TPSA) is 122 Å². The second-order valence-corrected chi connectivity index (χ2v) is 11.5. The van der Waals surface area contributed by atoms with Gasteiger partial charge in [-0.15, -0.1) is 11.8 Å². The van der Waals surface area contributed by atoms with Gasteiger partial charge in [0.05, 0.1) is 12.4 Å².